The van der Waals surface area contributed by atoms with Gasteiger partial charge in [-0.2, -0.15) is 0 Å². The SMILES string of the molecule is Cc1ccc(NC2=NCC3(CCCC3)CS2)cc1Cl. The number of rotatable bonds is 1. The lowest BCUT2D eigenvalue weighted by Crippen LogP contribution is -2.30. The Labute approximate surface area is 124 Å². The van der Waals surface area contributed by atoms with Crippen molar-refractivity contribution >= 4 is 34.2 Å². The summed E-state index contributed by atoms with van der Waals surface area (Å²) in [6.07, 6.45) is 5.47. The number of nitrogens with zero attached hydrogens (tertiary/aromatic N) is 1. The second-order valence-electron chi connectivity index (χ2n) is 5.71. The van der Waals surface area contributed by atoms with Crippen molar-refractivity contribution in [2.45, 2.75) is 32.6 Å². The minimum absolute atomic E-state index is 0.501. The number of amidine groups is 1. The second kappa shape index (κ2) is 5.37. The third-order valence-electron chi connectivity index (χ3n) is 4.16. The molecule has 1 aliphatic carbocycles. The molecule has 0 bridgehead atoms. The van der Waals surface area contributed by atoms with Crippen molar-refractivity contribution in [2.75, 3.05) is 17.6 Å². The monoisotopic (exact) mass is 294 g/mol. The number of hydrogen-bond donors (Lipinski definition) is 1. The lowest BCUT2D eigenvalue weighted by atomic mass is 9.89. The van der Waals surface area contributed by atoms with Gasteiger partial charge in [-0.25, -0.2) is 0 Å². The van der Waals surface area contributed by atoms with E-state index in [0.29, 0.717) is 5.41 Å². The first-order chi connectivity index (χ1) is 9.17. The molecule has 1 spiro atoms. The first kappa shape index (κ1) is 13.3. The molecule has 0 aromatic heterocycles. The summed E-state index contributed by atoms with van der Waals surface area (Å²) in [5.41, 5.74) is 2.64. The Balaban J connectivity index is 1.67. The summed E-state index contributed by atoms with van der Waals surface area (Å²) < 4.78 is 0. The maximum absolute atomic E-state index is 6.14. The van der Waals surface area contributed by atoms with Crippen molar-refractivity contribution < 1.29 is 0 Å². The van der Waals surface area contributed by atoms with Crippen LogP contribution in [0, 0.1) is 12.3 Å². The molecule has 1 aliphatic heterocycles. The standard InChI is InChI=1S/C15H19ClN2S/c1-11-4-5-12(8-13(11)16)18-14-17-9-15(10-19-14)6-2-3-7-15/h4-5,8H,2-3,6-7,9-10H2,1H3,(H,17,18). The molecule has 4 heteroatoms. The van der Waals surface area contributed by atoms with E-state index in [2.05, 4.69) is 11.4 Å². The molecule has 102 valence electrons. The van der Waals surface area contributed by atoms with E-state index in [0.717, 1.165) is 28.0 Å². The van der Waals surface area contributed by atoms with Crippen LogP contribution in [0.25, 0.3) is 0 Å². The van der Waals surface area contributed by atoms with Gasteiger partial charge in [0, 0.05) is 23.0 Å². The van der Waals surface area contributed by atoms with E-state index in [1.165, 1.54) is 31.4 Å². The van der Waals surface area contributed by atoms with Crippen molar-refractivity contribution in [2.24, 2.45) is 10.4 Å². The number of halogens is 1. The molecule has 0 atom stereocenters. The molecule has 1 fully saturated rings. The van der Waals surface area contributed by atoms with Gasteiger partial charge >= 0.3 is 0 Å². The highest BCUT2D eigenvalue weighted by molar-refractivity contribution is 8.14. The van der Waals surface area contributed by atoms with Crippen molar-refractivity contribution in [3.05, 3.63) is 28.8 Å². The molecule has 1 saturated carbocycles. The molecule has 1 heterocycles. The number of anilines is 1. The normalized spacial score (nSPS) is 21.5. The average Bonchev–Trinajstić information content (AvgIpc) is 2.86. The van der Waals surface area contributed by atoms with Crippen LogP contribution in [-0.4, -0.2) is 17.5 Å². The highest BCUT2D eigenvalue weighted by Gasteiger charge is 2.36. The van der Waals surface area contributed by atoms with E-state index >= 15 is 0 Å². The minimum Gasteiger partial charge on any atom is -0.335 e. The Bertz CT molecular complexity index is 507. The van der Waals surface area contributed by atoms with Crippen LogP contribution in [0.5, 0.6) is 0 Å². The van der Waals surface area contributed by atoms with Gasteiger partial charge in [-0.05, 0) is 42.9 Å². The maximum Gasteiger partial charge on any atom is 0.161 e. The molecule has 2 aliphatic rings. The first-order valence-electron chi connectivity index (χ1n) is 6.87. The highest BCUT2D eigenvalue weighted by Crippen LogP contribution is 2.43. The van der Waals surface area contributed by atoms with Crippen molar-refractivity contribution in [3.63, 3.8) is 0 Å². The predicted molar refractivity (Wildman–Crippen MR) is 85.5 cm³/mol. The van der Waals surface area contributed by atoms with Gasteiger partial charge in [-0.1, -0.05) is 42.3 Å². The zero-order chi connectivity index (χ0) is 13.3. The summed E-state index contributed by atoms with van der Waals surface area (Å²) >= 11 is 8.00. The molecular formula is C15H19ClN2S. The summed E-state index contributed by atoms with van der Waals surface area (Å²) in [5, 5.41) is 5.23. The van der Waals surface area contributed by atoms with E-state index in [1.807, 2.05) is 30.8 Å². The van der Waals surface area contributed by atoms with Gasteiger partial charge in [0.1, 0.15) is 0 Å². The lowest BCUT2D eigenvalue weighted by Gasteiger charge is -2.31. The van der Waals surface area contributed by atoms with E-state index in [-0.39, 0.29) is 0 Å². The van der Waals surface area contributed by atoms with Crippen LogP contribution in [-0.2, 0) is 0 Å². The summed E-state index contributed by atoms with van der Waals surface area (Å²) in [4.78, 5) is 4.74. The van der Waals surface area contributed by atoms with Gasteiger partial charge in [-0.15, -0.1) is 0 Å². The third kappa shape index (κ3) is 2.92. The van der Waals surface area contributed by atoms with Crippen LogP contribution in [0.2, 0.25) is 5.02 Å². The van der Waals surface area contributed by atoms with Gasteiger partial charge in [0.15, 0.2) is 5.17 Å². The van der Waals surface area contributed by atoms with E-state index in [4.69, 9.17) is 16.6 Å². The molecule has 3 rings (SSSR count). The average molecular weight is 295 g/mol. The molecule has 0 saturated heterocycles. The van der Waals surface area contributed by atoms with E-state index in [9.17, 15) is 0 Å². The maximum atomic E-state index is 6.14. The molecule has 0 amide bonds. The van der Waals surface area contributed by atoms with Crippen LogP contribution in [0.1, 0.15) is 31.2 Å². The van der Waals surface area contributed by atoms with Crippen LogP contribution in [0.3, 0.4) is 0 Å². The van der Waals surface area contributed by atoms with Gasteiger partial charge in [0.2, 0.25) is 0 Å². The highest BCUT2D eigenvalue weighted by atomic mass is 35.5. The summed E-state index contributed by atoms with van der Waals surface area (Å²) in [6, 6.07) is 6.07. The van der Waals surface area contributed by atoms with Crippen molar-refractivity contribution in [1.29, 1.82) is 0 Å². The molecule has 1 aromatic carbocycles. The fraction of sp³-hybridized carbons (Fsp3) is 0.533. The molecule has 19 heavy (non-hydrogen) atoms. The largest absolute Gasteiger partial charge is 0.335 e. The number of nitrogens with one attached hydrogen (secondary N) is 1. The van der Waals surface area contributed by atoms with Crippen molar-refractivity contribution in [3.8, 4) is 0 Å². The number of aryl methyl sites for hydroxylation is 1. The summed E-state index contributed by atoms with van der Waals surface area (Å²) in [6.45, 7) is 3.00. The van der Waals surface area contributed by atoms with Crippen LogP contribution >= 0.6 is 23.4 Å². The molecule has 1 aromatic rings. The Kier molecular flexibility index (Phi) is 3.77. The molecule has 0 unspecified atom stereocenters. The Morgan fingerprint density at radius 3 is 2.74 bits per heavy atom. The van der Waals surface area contributed by atoms with Gasteiger partial charge in [0.05, 0.1) is 0 Å². The molecule has 2 nitrogen and oxygen atoms in total. The summed E-state index contributed by atoms with van der Waals surface area (Å²) in [5.74, 6) is 1.21. The quantitative estimate of drug-likeness (QED) is 0.810. The van der Waals surface area contributed by atoms with Crippen LogP contribution in [0.15, 0.2) is 23.2 Å². The van der Waals surface area contributed by atoms with Crippen molar-refractivity contribution in [1.82, 2.24) is 0 Å². The summed E-state index contributed by atoms with van der Waals surface area (Å²) in [7, 11) is 0. The molecule has 0 radical (unpaired) electrons. The minimum atomic E-state index is 0.501. The van der Waals surface area contributed by atoms with E-state index in [1.54, 1.807) is 0 Å². The fourth-order valence-electron chi connectivity index (χ4n) is 2.85. The Morgan fingerprint density at radius 2 is 2.11 bits per heavy atom. The van der Waals surface area contributed by atoms with E-state index < -0.39 is 0 Å². The zero-order valence-electron chi connectivity index (χ0n) is 11.2. The smallest absolute Gasteiger partial charge is 0.161 e. The van der Waals surface area contributed by atoms with Gasteiger partial charge < -0.3 is 5.32 Å². The fourth-order valence-corrected chi connectivity index (χ4v) is 4.20. The zero-order valence-corrected chi connectivity index (χ0v) is 12.8. The third-order valence-corrected chi connectivity index (χ3v) is 5.83. The lowest BCUT2D eigenvalue weighted by molar-refractivity contribution is 0.359. The number of aliphatic imine (C=N–C) groups is 1. The Hall–Kier alpha value is -0.670. The van der Waals surface area contributed by atoms with Crippen LogP contribution < -0.4 is 5.32 Å². The predicted octanol–water partition coefficient (Wildman–Crippen LogP) is 4.72. The van der Waals surface area contributed by atoms with Gasteiger partial charge in [-0.3, -0.25) is 4.99 Å². The van der Waals surface area contributed by atoms with Crippen LogP contribution in [0.4, 0.5) is 5.69 Å². The topological polar surface area (TPSA) is 24.4 Å². The van der Waals surface area contributed by atoms with Gasteiger partial charge in [0.25, 0.3) is 0 Å². The number of thioether (sulfide) groups is 1. The Morgan fingerprint density at radius 1 is 1.32 bits per heavy atom. The second-order valence-corrected chi connectivity index (χ2v) is 7.08. The number of benzene rings is 1. The first-order valence-corrected chi connectivity index (χ1v) is 8.24. The number of hydrogen-bond acceptors (Lipinski definition) is 3. The molecule has 1 N–H and O–H groups in total. The molecular weight excluding hydrogens is 276 g/mol.